The molecule has 0 saturated carbocycles. The van der Waals surface area contributed by atoms with Gasteiger partial charge in [0.2, 0.25) is 0 Å². The fourth-order valence-electron chi connectivity index (χ4n) is 3.28. The van der Waals surface area contributed by atoms with Gasteiger partial charge >= 0.3 is 6.09 Å². The van der Waals surface area contributed by atoms with Gasteiger partial charge in [-0.3, -0.25) is 0 Å². The highest BCUT2D eigenvalue weighted by Gasteiger charge is 2.39. The Morgan fingerprint density at radius 3 is 2.28 bits per heavy atom. The predicted molar refractivity (Wildman–Crippen MR) is 73.3 cm³/mol. The third kappa shape index (κ3) is 4.84. The van der Waals surface area contributed by atoms with Crippen molar-refractivity contribution in [3.05, 3.63) is 0 Å². The molecule has 0 radical (unpaired) electrons. The molecule has 1 aliphatic heterocycles. The van der Waals surface area contributed by atoms with Gasteiger partial charge in [-0.05, 0) is 43.7 Å². The SMILES string of the molecule is CC(C)(C)CC(C)(COC(N)=O)C1CCNCC1. The van der Waals surface area contributed by atoms with Crippen molar-refractivity contribution in [3.63, 3.8) is 0 Å². The van der Waals surface area contributed by atoms with Crippen molar-refractivity contribution in [2.75, 3.05) is 19.7 Å². The van der Waals surface area contributed by atoms with Crippen LogP contribution in [0.2, 0.25) is 0 Å². The van der Waals surface area contributed by atoms with E-state index in [1.807, 2.05) is 0 Å². The molecule has 1 heterocycles. The van der Waals surface area contributed by atoms with Crippen molar-refractivity contribution >= 4 is 6.09 Å². The highest BCUT2D eigenvalue weighted by atomic mass is 16.5. The van der Waals surface area contributed by atoms with Gasteiger partial charge in [0.05, 0.1) is 6.61 Å². The summed E-state index contributed by atoms with van der Waals surface area (Å²) < 4.78 is 5.12. The number of hydrogen-bond donors (Lipinski definition) is 2. The molecule has 0 aromatic carbocycles. The normalized spacial score (nSPS) is 21.3. The number of hydrogen-bond acceptors (Lipinski definition) is 3. The van der Waals surface area contributed by atoms with Gasteiger partial charge in [-0.1, -0.05) is 27.7 Å². The van der Waals surface area contributed by atoms with E-state index in [-0.39, 0.29) is 10.8 Å². The summed E-state index contributed by atoms with van der Waals surface area (Å²) in [7, 11) is 0. The van der Waals surface area contributed by atoms with E-state index < -0.39 is 6.09 Å². The second-order valence-electron chi connectivity index (χ2n) is 7.02. The number of ether oxygens (including phenoxy) is 1. The third-order valence-corrected chi connectivity index (χ3v) is 3.80. The maximum absolute atomic E-state index is 10.9. The van der Waals surface area contributed by atoms with Crippen molar-refractivity contribution in [2.24, 2.45) is 22.5 Å². The minimum absolute atomic E-state index is 0.0232. The third-order valence-electron chi connectivity index (χ3n) is 3.80. The molecule has 1 rings (SSSR count). The van der Waals surface area contributed by atoms with Crippen LogP contribution in [0.15, 0.2) is 0 Å². The number of carbonyl (C=O) groups is 1. The molecule has 1 saturated heterocycles. The van der Waals surface area contributed by atoms with E-state index >= 15 is 0 Å². The fourth-order valence-corrected chi connectivity index (χ4v) is 3.28. The smallest absolute Gasteiger partial charge is 0.404 e. The summed E-state index contributed by atoms with van der Waals surface area (Å²) >= 11 is 0. The number of nitrogens with two attached hydrogens (primary N) is 1. The molecule has 4 heteroatoms. The van der Waals surface area contributed by atoms with Crippen LogP contribution in [0.25, 0.3) is 0 Å². The first-order chi connectivity index (χ1) is 8.23. The lowest BCUT2D eigenvalue weighted by molar-refractivity contribution is 0.0136. The lowest BCUT2D eigenvalue weighted by Gasteiger charge is -2.43. The molecule has 1 atom stereocenters. The molecule has 0 spiro atoms. The van der Waals surface area contributed by atoms with Gasteiger partial charge in [0, 0.05) is 5.41 Å². The number of rotatable bonds is 4. The maximum atomic E-state index is 10.9. The van der Waals surface area contributed by atoms with Crippen LogP contribution >= 0.6 is 0 Å². The van der Waals surface area contributed by atoms with Crippen LogP contribution in [-0.4, -0.2) is 25.8 Å². The van der Waals surface area contributed by atoms with E-state index in [0.717, 1.165) is 32.4 Å². The van der Waals surface area contributed by atoms with E-state index in [0.29, 0.717) is 12.5 Å². The number of primary amides is 1. The van der Waals surface area contributed by atoms with Gasteiger partial charge in [-0.15, -0.1) is 0 Å². The molecule has 1 amide bonds. The molecule has 106 valence electrons. The van der Waals surface area contributed by atoms with Crippen molar-refractivity contribution in [1.29, 1.82) is 0 Å². The maximum Gasteiger partial charge on any atom is 0.404 e. The molecule has 1 unspecified atom stereocenters. The van der Waals surface area contributed by atoms with Gasteiger partial charge in [0.1, 0.15) is 0 Å². The summed E-state index contributed by atoms with van der Waals surface area (Å²) in [5, 5.41) is 3.38. The van der Waals surface area contributed by atoms with Crippen molar-refractivity contribution < 1.29 is 9.53 Å². The molecular weight excluding hydrogens is 228 g/mol. The second-order valence-corrected chi connectivity index (χ2v) is 7.02. The van der Waals surface area contributed by atoms with E-state index in [1.54, 1.807) is 0 Å². The molecule has 18 heavy (non-hydrogen) atoms. The van der Waals surface area contributed by atoms with Crippen molar-refractivity contribution in [2.45, 2.75) is 47.0 Å². The molecule has 0 aromatic heterocycles. The van der Waals surface area contributed by atoms with Crippen LogP contribution in [-0.2, 0) is 4.74 Å². The van der Waals surface area contributed by atoms with Gasteiger partial charge in [0.25, 0.3) is 0 Å². The Bertz CT molecular complexity index is 280. The van der Waals surface area contributed by atoms with Crippen LogP contribution in [0.1, 0.15) is 47.0 Å². The summed E-state index contributed by atoms with van der Waals surface area (Å²) in [4.78, 5) is 10.9. The van der Waals surface area contributed by atoms with Gasteiger partial charge < -0.3 is 15.8 Å². The highest BCUT2D eigenvalue weighted by Crippen LogP contribution is 2.43. The van der Waals surface area contributed by atoms with Gasteiger partial charge in [-0.2, -0.15) is 0 Å². The average Bonchev–Trinajstić information content (AvgIpc) is 2.25. The Morgan fingerprint density at radius 1 is 1.28 bits per heavy atom. The summed E-state index contributed by atoms with van der Waals surface area (Å²) in [6, 6.07) is 0. The van der Waals surface area contributed by atoms with Crippen molar-refractivity contribution in [3.8, 4) is 0 Å². The molecule has 1 fully saturated rings. The molecular formula is C14H28N2O2. The number of nitrogens with one attached hydrogen (secondary N) is 1. The largest absolute Gasteiger partial charge is 0.449 e. The van der Waals surface area contributed by atoms with Crippen LogP contribution in [0.4, 0.5) is 4.79 Å². The van der Waals surface area contributed by atoms with Crippen LogP contribution < -0.4 is 11.1 Å². The fraction of sp³-hybridized carbons (Fsp3) is 0.929. The first-order valence-electron chi connectivity index (χ1n) is 6.86. The zero-order valence-electron chi connectivity index (χ0n) is 12.2. The minimum atomic E-state index is -0.663. The second kappa shape index (κ2) is 5.91. The molecule has 1 aliphatic rings. The Kier molecular flexibility index (Phi) is 5.02. The highest BCUT2D eigenvalue weighted by molar-refractivity contribution is 5.64. The Hall–Kier alpha value is -0.770. The molecule has 0 aromatic rings. The summed E-state index contributed by atoms with van der Waals surface area (Å²) in [6.07, 6.45) is 2.67. The van der Waals surface area contributed by atoms with E-state index in [2.05, 4.69) is 33.0 Å². The minimum Gasteiger partial charge on any atom is -0.449 e. The Balaban J connectivity index is 2.74. The van der Waals surface area contributed by atoms with E-state index in [1.165, 1.54) is 0 Å². The molecule has 4 nitrogen and oxygen atoms in total. The monoisotopic (exact) mass is 256 g/mol. The average molecular weight is 256 g/mol. The lowest BCUT2D eigenvalue weighted by Crippen LogP contribution is -2.42. The quantitative estimate of drug-likeness (QED) is 0.812. The molecule has 3 N–H and O–H groups in total. The standard InChI is InChI=1S/C14H28N2O2/c1-13(2,3)9-14(4,10-18-12(15)17)11-5-7-16-8-6-11/h11,16H,5-10H2,1-4H3,(H2,15,17). The first kappa shape index (κ1) is 15.3. The zero-order chi connectivity index (χ0) is 13.8. The van der Waals surface area contributed by atoms with Gasteiger partial charge in [0.15, 0.2) is 0 Å². The van der Waals surface area contributed by atoms with E-state index in [4.69, 9.17) is 10.5 Å². The van der Waals surface area contributed by atoms with Gasteiger partial charge in [-0.25, -0.2) is 4.79 Å². The zero-order valence-corrected chi connectivity index (χ0v) is 12.2. The van der Waals surface area contributed by atoms with Crippen LogP contribution in [0, 0.1) is 16.7 Å². The summed E-state index contributed by atoms with van der Waals surface area (Å²) in [5.74, 6) is 0.595. The molecule has 0 bridgehead atoms. The number of carbonyl (C=O) groups excluding carboxylic acids is 1. The van der Waals surface area contributed by atoms with E-state index in [9.17, 15) is 4.79 Å². The predicted octanol–water partition coefficient (Wildman–Crippen LogP) is 2.52. The van der Waals surface area contributed by atoms with Crippen LogP contribution in [0.3, 0.4) is 0 Å². The number of amides is 1. The number of piperidine rings is 1. The Labute approximate surface area is 111 Å². The summed E-state index contributed by atoms with van der Waals surface area (Å²) in [5.41, 5.74) is 5.37. The Morgan fingerprint density at radius 2 is 1.83 bits per heavy atom. The summed E-state index contributed by atoms with van der Waals surface area (Å²) in [6.45, 7) is 11.5. The van der Waals surface area contributed by atoms with Crippen LogP contribution in [0.5, 0.6) is 0 Å². The first-order valence-corrected chi connectivity index (χ1v) is 6.86. The van der Waals surface area contributed by atoms with Crippen molar-refractivity contribution in [1.82, 2.24) is 5.32 Å². The molecule has 0 aliphatic carbocycles. The topological polar surface area (TPSA) is 64.3 Å². The lowest BCUT2D eigenvalue weighted by atomic mass is 9.65.